The van der Waals surface area contributed by atoms with Gasteiger partial charge in [0.05, 0.1) is 13.4 Å². The lowest BCUT2D eigenvalue weighted by molar-refractivity contribution is -0.121. The molecule has 3 rings (SSSR count). The molecule has 1 N–H and O–H groups in total. The van der Waals surface area contributed by atoms with Crippen molar-refractivity contribution in [2.24, 2.45) is 14.1 Å². The van der Waals surface area contributed by atoms with Gasteiger partial charge in [0, 0.05) is 33.6 Å². The largest absolute Gasteiger partial charge is 0.497 e. The predicted octanol–water partition coefficient (Wildman–Crippen LogP) is 0.539. The summed E-state index contributed by atoms with van der Waals surface area (Å²) < 4.78 is 9.19. The van der Waals surface area contributed by atoms with Gasteiger partial charge in [0.2, 0.25) is 5.91 Å². The summed E-state index contributed by atoms with van der Waals surface area (Å²) in [4.78, 5) is 40.6. The molecule has 0 bridgehead atoms. The van der Waals surface area contributed by atoms with Crippen LogP contribution in [0, 0.1) is 0 Å². The van der Waals surface area contributed by atoms with Gasteiger partial charge in [-0.2, -0.15) is 0 Å². The molecule has 1 amide bonds. The fourth-order valence-electron chi connectivity index (χ4n) is 3.01. The average Bonchev–Trinajstić information content (AvgIpc) is 3.13. The van der Waals surface area contributed by atoms with E-state index in [1.807, 2.05) is 24.3 Å². The monoisotopic (exact) mass is 385 g/mol. The molecule has 0 saturated carbocycles. The van der Waals surface area contributed by atoms with Gasteiger partial charge in [-0.3, -0.25) is 18.7 Å². The predicted molar refractivity (Wildman–Crippen MR) is 104 cm³/mol. The fourth-order valence-corrected chi connectivity index (χ4v) is 3.01. The minimum Gasteiger partial charge on any atom is -0.497 e. The Hall–Kier alpha value is -3.36. The third-order valence-corrected chi connectivity index (χ3v) is 4.67. The average molecular weight is 385 g/mol. The van der Waals surface area contributed by atoms with Crippen LogP contribution in [0.3, 0.4) is 0 Å². The van der Waals surface area contributed by atoms with Crippen LogP contribution in [-0.4, -0.2) is 31.7 Å². The van der Waals surface area contributed by atoms with Crippen molar-refractivity contribution in [2.45, 2.75) is 25.9 Å². The summed E-state index contributed by atoms with van der Waals surface area (Å²) in [5.74, 6) is 0.701. The highest BCUT2D eigenvalue weighted by atomic mass is 16.5. The lowest BCUT2D eigenvalue weighted by Gasteiger charge is -2.08. The second kappa shape index (κ2) is 8.12. The summed E-state index contributed by atoms with van der Waals surface area (Å²) >= 11 is 0. The summed E-state index contributed by atoms with van der Waals surface area (Å²) in [6.07, 6.45) is 2.40. The third-order valence-electron chi connectivity index (χ3n) is 4.67. The molecule has 9 nitrogen and oxygen atoms in total. The van der Waals surface area contributed by atoms with E-state index in [4.69, 9.17) is 4.74 Å². The highest BCUT2D eigenvalue weighted by molar-refractivity contribution is 5.75. The summed E-state index contributed by atoms with van der Waals surface area (Å²) in [6, 6.07) is 7.49. The van der Waals surface area contributed by atoms with E-state index >= 15 is 0 Å². The van der Waals surface area contributed by atoms with E-state index in [0.717, 1.165) is 15.9 Å². The number of benzene rings is 1. The van der Waals surface area contributed by atoms with Crippen LogP contribution in [0.25, 0.3) is 11.2 Å². The number of imidazole rings is 1. The van der Waals surface area contributed by atoms with Gasteiger partial charge in [0.25, 0.3) is 5.56 Å². The van der Waals surface area contributed by atoms with Crippen LogP contribution in [0.1, 0.15) is 18.4 Å². The number of rotatable bonds is 7. The molecule has 3 aromatic rings. The van der Waals surface area contributed by atoms with Crippen molar-refractivity contribution >= 4 is 17.1 Å². The maximum Gasteiger partial charge on any atom is 0.332 e. The number of carbonyl (C=O) groups is 1. The minimum atomic E-state index is -0.416. The molecular formula is C19H23N5O4. The maximum absolute atomic E-state index is 12.4. The molecule has 0 saturated heterocycles. The first-order valence-corrected chi connectivity index (χ1v) is 8.93. The molecule has 2 aromatic heterocycles. The van der Waals surface area contributed by atoms with Crippen LogP contribution in [0.4, 0.5) is 0 Å². The van der Waals surface area contributed by atoms with Gasteiger partial charge >= 0.3 is 5.69 Å². The molecule has 28 heavy (non-hydrogen) atoms. The van der Waals surface area contributed by atoms with E-state index in [-0.39, 0.29) is 11.5 Å². The number of ether oxygens (including phenoxy) is 1. The number of aromatic nitrogens is 4. The summed E-state index contributed by atoms with van der Waals surface area (Å²) in [6.45, 7) is 0.902. The topological polar surface area (TPSA) is 100 Å². The standard InChI is InChI=1S/C19H23N5O4/c1-22-17-16(18(26)23(2)19(22)27)24(12-21-17)10-4-5-15(25)20-11-13-6-8-14(28-3)9-7-13/h6-9,12H,4-5,10-11H2,1-3H3,(H,20,25). The number of amides is 1. The van der Waals surface area contributed by atoms with E-state index in [1.54, 1.807) is 18.7 Å². The first-order valence-electron chi connectivity index (χ1n) is 8.93. The van der Waals surface area contributed by atoms with Gasteiger partial charge in [-0.1, -0.05) is 12.1 Å². The van der Waals surface area contributed by atoms with Crippen molar-refractivity contribution in [3.05, 3.63) is 57.0 Å². The molecule has 9 heteroatoms. The van der Waals surface area contributed by atoms with Gasteiger partial charge in [-0.05, 0) is 24.1 Å². The fraction of sp³-hybridized carbons (Fsp3) is 0.368. The number of nitrogens with one attached hydrogen (secondary N) is 1. The Balaban J connectivity index is 1.58. The van der Waals surface area contributed by atoms with E-state index in [9.17, 15) is 14.4 Å². The Bertz CT molecular complexity index is 1110. The molecule has 1 aromatic carbocycles. The van der Waals surface area contributed by atoms with Crippen molar-refractivity contribution in [1.29, 1.82) is 0 Å². The van der Waals surface area contributed by atoms with Crippen molar-refractivity contribution in [1.82, 2.24) is 24.0 Å². The van der Waals surface area contributed by atoms with Gasteiger partial charge in [0.1, 0.15) is 5.75 Å². The molecule has 0 aliphatic carbocycles. The summed E-state index contributed by atoms with van der Waals surface area (Å²) in [7, 11) is 4.62. The van der Waals surface area contributed by atoms with Gasteiger partial charge in [0.15, 0.2) is 11.2 Å². The zero-order valence-electron chi connectivity index (χ0n) is 16.1. The van der Waals surface area contributed by atoms with E-state index < -0.39 is 5.69 Å². The van der Waals surface area contributed by atoms with Crippen LogP contribution >= 0.6 is 0 Å². The lowest BCUT2D eigenvalue weighted by atomic mass is 10.2. The highest BCUT2D eigenvalue weighted by Gasteiger charge is 2.14. The molecule has 0 aliphatic rings. The Morgan fingerprint density at radius 1 is 1.14 bits per heavy atom. The Morgan fingerprint density at radius 3 is 2.54 bits per heavy atom. The van der Waals surface area contributed by atoms with Crippen molar-refractivity contribution in [2.75, 3.05) is 7.11 Å². The van der Waals surface area contributed by atoms with Crippen molar-refractivity contribution < 1.29 is 9.53 Å². The number of methoxy groups -OCH3 is 1. The van der Waals surface area contributed by atoms with E-state index in [2.05, 4.69) is 10.3 Å². The van der Waals surface area contributed by atoms with Gasteiger partial charge in [-0.25, -0.2) is 9.78 Å². The maximum atomic E-state index is 12.4. The van der Waals surface area contributed by atoms with Crippen LogP contribution in [0.5, 0.6) is 5.75 Å². The Morgan fingerprint density at radius 2 is 1.86 bits per heavy atom. The molecule has 0 aliphatic heterocycles. The number of hydrogen-bond donors (Lipinski definition) is 1. The summed E-state index contributed by atoms with van der Waals surface area (Å²) in [5.41, 5.74) is 0.889. The molecule has 0 atom stereocenters. The summed E-state index contributed by atoms with van der Waals surface area (Å²) in [5, 5.41) is 2.87. The first-order chi connectivity index (χ1) is 13.4. The Labute approximate surface area is 161 Å². The van der Waals surface area contributed by atoms with E-state index in [1.165, 1.54) is 17.9 Å². The zero-order chi connectivity index (χ0) is 20.3. The second-order valence-corrected chi connectivity index (χ2v) is 6.54. The van der Waals surface area contributed by atoms with Crippen LogP contribution in [-0.2, 0) is 32.0 Å². The minimum absolute atomic E-state index is 0.0689. The molecular weight excluding hydrogens is 362 g/mol. The van der Waals surface area contributed by atoms with Crippen molar-refractivity contribution in [3.8, 4) is 5.75 Å². The van der Waals surface area contributed by atoms with Gasteiger partial charge < -0.3 is 14.6 Å². The highest BCUT2D eigenvalue weighted by Crippen LogP contribution is 2.11. The molecule has 148 valence electrons. The number of carbonyl (C=O) groups excluding carboxylic acids is 1. The molecule has 0 unspecified atom stereocenters. The van der Waals surface area contributed by atoms with Crippen molar-refractivity contribution in [3.63, 3.8) is 0 Å². The van der Waals surface area contributed by atoms with Crippen LogP contribution < -0.4 is 21.3 Å². The second-order valence-electron chi connectivity index (χ2n) is 6.54. The van der Waals surface area contributed by atoms with Crippen LogP contribution in [0.2, 0.25) is 0 Å². The number of fused-ring (bicyclic) bond motifs is 1. The third kappa shape index (κ3) is 3.83. The lowest BCUT2D eigenvalue weighted by Crippen LogP contribution is -2.37. The smallest absolute Gasteiger partial charge is 0.332 e. The molecule has 0 spiro atoms. The number of hydrogen-bond acceptors (Lipinski definition) is 5. The van der Waals surface area contributed by atoms with Gasteiger partial charge in [-0.15, -0.1) is 0 Å². The molecule has 0 radical (unpaired) electrons. The normalized spacial score (nSPS) is 11.0. The number of aryl methyl sites for hydroxylation is 2. The zero-order valence-corrected chi connectivity index (χ0v) is 16.1. The molecule has 0 fully saturated rings. The van der Waals surface area contributed by atoms with E-state index in [0.29, 0.717) is 37.1 Å². The quantitative estimate of drug-likeness (QED) is 0.640. The molecule has 2 heterocycles. The first kappa shape index (κ1) is 19.4. The Kier molecular flexibility index (Phi) is 5.62. The van der Waals surface area contributed by atoms with Crippen LogP contribution in [0.15, 0.2) is 40.2 Å². The SMILES string of the molecule is COc1ccc(CNC(=O)CCCn2cnc3c2c(=O)n(C)c(=O)n3C)cc1. The number of nitrogens with zero attached hydrogens (tertiary/aromatic N) is 4.